The lowest BCUT2D eigenvalue weighted by atomic mass is 10.2. The quantitative estimate of drug-likeness (QED) is 0.581. The molecule has 0 spiro atoms. The number of nitrogens with two attached hydrogens (primary N) is 1. The van der Waals surface area contributed by atoms with Crippen molar-refractivity contribution in [2.45, 2.75) is 6.92 Å². The number of benzene rings is 1. The number of hydrogen-bond acceptors (Lipinski definition) is 7. The largest absolute Gasteiger partial charge is 0.467 e. The van der Waals surface area contributed by atoms with Gasteiger partial charge in [0.2, 0.25) is 11.9 Å². The minimum absolute atomic E-state index is 0.147. The summed E-state index contributed by atoms with van der Waals surface area (Å²) in [5.41, 5.74) is 4.09. The topological polar surface area (TPSA) is 98.0 Å². The van der Waals surface area contributed by atoms with Gasteiger partial charge in [-0.15, -0.1) is 0 Å². The molecule has 7 nitrogen and oxygen atoms in total. The van der Waals surface area contributed by atoms with Crippen LogP contribution in [0.5, 0.6) is 6.01 Å². The summed E-state index contributed by atoms with van der Waals surface area (Å²) in [4.78, 5) is 12.0. The number of rotatable bonds is 4. The van der Waals surface area contributed by atoms with E-state index in [1.807, 2.05) is 19.1 Å². The maximum Gasteiger partial charge on any atom is 0.322 e. The zero-order valence-corrected chi connectivity index (χ0v) is 11.2. The molecule has 19 heavy (non-hydrogen) atoms. The van der Waals surface area contributed by atoms with E-state index in [1.165, 1.54) is 7.11 Å². The average molecular weight is 281 g/mol. The molecule has 0 amide bonds. The van der Waals surface area contributed by atoms with E-state index in [9.17, 15) is 0 Å². The van der Waals surface area contributed by atoms with Crippen molar-refractivity contribution < 1.29 is 4.74 Å². The van der Waals surface area contributed by atoms with Crippen molar-refractivity contribution in [1.29, 1.82) is 0 Å². The summed E-state index contributed by atoms with van der Waals surface area (Å²) in [6, 6.07) is 5.73. The molecule has 0 saturated carbocycles. The number of hydrogen-bond donors (Lipinski definition) is 3. The Labute approximate surface area is 115 Å². The number of methoxy groups -OCH3 is 1. The lowest BCUT2D eigenvalue weighted by molar-refractivity contribution is 0.379. The molecule has 1 aromatic heterocycles. The standard InChI is InChI=1S/C11H13ClN6O/c1-6-3-4-7(12)8(5-6)14-9-15-10(18-13)17-11(16-9)19-2/h3-5H,13H2,1-2H3,(H2,14,15,16,17,18). The van der Waals surface area contributed by atoms with Crippen molar-refractivity contribution in [3.63, 3.8) is 0 Å². The second kappa shape index (κ2) is 5.68. The first-order chi connectivity index (χ1) is 9.12. The third kappa shape index (κ3) is 3.21. The minimum Gasteiger partial charge on any atom is -0.467 e. The van der Waals surface area contributed by atoms with Crippen LogP contribution >= 0.6 is 11.6 Å². The third-order valence-corrected chi connectivity index (χ3v) is 2.62. The minimum atomic E-state index is 0.147. The molecule has 4 N–H and O–H groups in total. The highest BCUT2D eigenvalue weighted by Crippen LogP contribution is 2.25. The summed E-state index contributed by atoms with van der Waals surface area (Å²) >= 11 is 6.09. The number of aromatic nitrogens is 3. The first-order valence-corrected chi connectivity index (χ1v) is 5.80. The van der Waals surface area contributed by atoms with Gasteiger partial charge >= 0.3 is 6.01 Å². The molecule has 0 aliphatic carbocycles. The summed E-state index contributed by atoms with van der Waals surface area (Å²) in [7, 11) is 1.46. The normalized spacial score (nSPS) is 10.1. The number of anilines is 3. The van der Waals surface area contributed by atoms with Crippen molar-refractivity contribution in [3.8, 4) is 6.01 Å². The molecule has 2 rings (SSSR count). The Morgan fingerprint density at radius 2 is 1.95 bits per heavy atom. The van der Waals surface area contributed by atoms with E-state index in [-0.39, 0.29) is 17.9 Å². The van der Waals surface area contributed by atoms with Crippen LogP contribution in [0.1, 0.15) is 5.56 Å². The molecule has 0 unspecified atom stereocenters. The van der Waals surface area contributed by atoms with Gasteiger partial charge in [0, 0.05) is 0 Å². The monoisotopic (exact) mass is 280 g/mol. The van der Waals surface area contributed by atoms with E-state index in [0.717, 1.165) is 5.56 Å². The van der Waals surface area contributed by atoms with Crippen LogP contribution in [0.4, 0.5) is 17.6 Å². The Hall–Kier alpha value is -2.12. The van der Waals surface area contributed by atoms with E-state index >= 15 is 0 Å². The zero-order chi connectivity index (χ0) is 13.8. The lowest BCUT2D eigenvalue weighted by Gasteiger charge is -2.09. The average Bonchev–Trinajstić information content (AvgIpc) is 2.42. The molecule has 100 valence electrons. The number of nitrogen functional groups attached to an aromatic ring is 1. The fourth-order valence-corrected chi connectivity index (χ4v) is 1.59. The Bertz CT molecular complexity index is 569. The van der Waals surface area contributed by atoms with Gasteiger partial charge < -0.3 is 10.1 Å². The maximum absolute atomic E-state index is 6.09. The predicted molar refractivity (Wildman–Crippen MR) is 73.7 cm³/mol. The van der Waals surface area contributed by atoms with Crippen molar-refractivity contribution in [1.82, 2.24) is 15.0 Å². The van der Waals surface area contributed by atoms with Crippen molar-refractivity contribution in [2.75, 3.05) is 17.9 Å². The molecule has 0 atom stereocenters. The summed E-state index contributed by atoms with van der Waals surface area (Å²) in [6.07, 6.45) is 0. The van der Waals surface area contributed by atoms with Crippen LogP contribution in [0.15, 0.2) is 18.2 Å². The maximum atomic E-state index is 6.09. The Balaban J connectivity index is 2.34. The van der Waals surface area contributed by atoms with Crippen LogP contribution in [0.3, 0.4) is 0 Å². The molecule has 1 aromatic carbocycles. The number of ether oxygens (including phenoxy) is 1. The number of aryl methyl sites for hydroxylation is 1. The highest BCUT2D eigenvalue weighted by Gasteiger charge is 2.08. The molecule has 2 aromatic rings. The Morgan fingerprint density at radius 1 is 1.21 bits per heavy atom. The van der Waals surface area contributed by atoms with Crippen LogP contribution in [-0.2, 0) is 0 Å². The Morgan fingerprint density at radius 3 is 2.63 bits per heavy atom. The second-order valence-corrected chi connectivity index (χ2v) is 4.13. The van der Waals surface area contributed by atoms with Crippen molar-refractivity contribution in [3.05, 3.63) is 28.8 Å². The number of halogens is 1. The van der Waals surface area contributed by atoms with Gasteiger partial charge in [-0.2, -0.15) is 15.0 Å². The summed E-state index contributed by atoms with van der Waals surface area (Å²) in [5, 5.41) is 3.55. The van der Waals surface area contributed by atoms with Gasteiger partial charge in [0.25, 0.3) is 0 Å². The first-order valence-electron chi connectivity index (χ1n) is 5.42. The SMILES string of the molecule is COc1nc(NN)nc(Nc2cc(C)ccc2Cl)n1. The summed E-state index contributed by atoms with van der Waals surface area (Å²) < 4.78 is 4.96. The van der Waals surface area contributed by atoms with Gasteiger partial charge in [-0.25, -0.2) is 5.84 Å². The fraction of sp³-hybridized carbons (Fsp3) is 0.182. The van der Waals surface area contributed by atoms with Crippen LogP contribution in [0, 0.1) is 6.92 Å². The molecule has 0 aliphatic rings. The fourth-order valence-electron chi connectivity index (χ4n) is 1.42. The van der Waals surface area contributed by atoms with Crippen molar-refractivity contribution in [2.24, 2.45) is 5.84 Å². The van der Waals surface area contributed by atoms with E-state index in [1.54, 1.807) is 6.07 Å². The van der Waals surface area contributed by atoms with Crippen LogP contribution in [0.2, 0.25) is 5.02 Å². The van der Waals surface area contributed by atoms with Gasteiger partial charge in [0.15, 0.2) is 0 Å². The summed E-state index contributed by atoms with van der Waals surface area (Å²) in [6.45, 7) is 1.96. The molecule has 1 heterocycles. The van der Waals surface area contributed by atoms with Crippen LogP contribution in [0.25, 0.3) is 0 Å². The highest BCUT2D eigenvalue weighted by molar-refractivity contribution is 6.33. The molecule has 0 saturated heterocycles. The summed E-state index contributed by atoms with van der Waals surface area (Å²) in [5.74, 6) is 5.75. The predicted octanol–water partition coefficient (Wildman–Crippen LogP) is 1.87. The van der Waals surface area contributed by atoms with Gasteiger partial charge in [0.05, 0.1) is 17.8 Å². The van der Waals surface area contributed by atoms with Gasteiger partial charge in [-0.3, -0.25) is 5.43 Å². The Kier molecular flexibility index (Phi) is 3.98. The second-order valence-electron chi connectivity index (χ2n) is 3.72. The molecule has 0 bridgehead atoms. The smallest absolute Gasteiger partial charge is 0.322 e. The number of nitrogens with zero attached hydrogens (tertiary/aromatic N) is 3. The van der Waals surface area contributed by atoms with E-state index in [0.29, 0.717) is 10.7 Å². The molecule has 0 radical (unpaired) electrons. The lowest BCUT2D eigenvalue weighted by Crippen LogP contribution is -2.13. The molecule has 0 fully saturated rings. The van der Waals surface area contributed by atoms with Gasteiger partial charge in [0.1, 0.15) is 0 Å². The van der Waals surface area contributed by atoms with E-state index in [4.69, 9.17) is 22.2 Å². The van der Waals surface area contributed by atoms with Gasteiger partial charge in [-0.1, -0.05) is 17.7 Å². The van der Waals surface area contributed by atoms with Gasteiger partial charge in [-0.05, 0) is 24.6 Å². The first kappa shape index (κ1) is 13.3. The molecule has 0 aliphatic heterocycles. The highest BCUT2D eigenvalue weighted by atomic mass is 35.5. The number of hydrazine groups is 1. The molecular weight excluding hydrogens is 268 g/mol. The van der Waals surface area contributed by atoms with Crippen LogP contribution in [-0.4, -0.2) is 22.1 Å². The van der Waals surface area contributed by atoms with Crippen molar-refractivity contribution >= 4 is 29.2 Å². The van der Waals surface area contributed by atoms with E-state index in [2.05, 4.69) is 25.7 Å². The number of nitrogens with one attached hydrogen (secondary N) is 2. The zero-order valence-electron chi connectivity index (χ0n) is 10.4. The van der Waals surface area contributed by atoms with Crippen LogP contribution < -0.4 is 21.3 Å². The molecular formula is C11H13ClN6O. The van der Waals surface area contributed by atoms with E-state index < -0.39 is 0 Å². The molecule has 8 heteroatoms. The third-order valence-electron chi connectivity index (χ3n) is 2.29.